The Bertz CT molecular complexity index is 1410. The van der Waals surface area contributed by atoms with Gasteiger partial charge in [0.15, 0.2) is 0 Å². The normalized spacial score (nSPS) is 32.7. The van der Waals surface area contributed by atoms with E-state index in [-0.39, 0.29) is 44.9 Å². The summed E-state index contributed by atoms with van der Waals surface area (Å²) >= 11 is 0. The summed E-state index contributed by atoms with van der Waals surface area (Å²) in [7, 11) is 0. The number of hydrogen-bond donors (Lipinski definition) is 1. The second-order valence-corrected chi connectivity index (χ2v) is 10.6. The molecular weight excluding hydrogens is 472 g/mol. The summed E-state index contributed by atoms with van der Waals surface area (Å²) in [5.41, 5.74) is 0.662. The van der Waals surface area contributed by atoms with E-state index in [4.69, 9.17) is 12.3 Å². The molecule has 3 heterocycles. The minimum Gasteiger partial charge on any atom is -0.349 e. The van der Waals surface area contributed by atoms with Crippen LogP contribution in [0.25, 0.3) is 0 Å². The summed E-state index contributed by atoms with van der Waals surface area (Å²) < 4.78 is 119. The van der Waals surface area contributed by atoms with Crippen molar-refractivity contribution in [3.05, 3.63) is 47.5 Å². The number of halogens is 2. The minimum atomic E-state index is -3.03. The van der Waals surface area contributed by atoms with Gasteiger partial charge < -0.3 is 9.88 Å². The lowest BCUT2D eigenvalue weighted by atomic mass is 9.86. The minimum absolute atomic E-state index is 0.0403. The molecule has 2 bridgehead atoms. The van der Waals surface area contributed by atoms with Crippen molar-refractivity contribution < 1.29 is 28.7 Å². The van der Waals surface area contributed by atoms with Crippen LogP contribution >= 0.6 is 0 Å². The maximum Gasteiger partial charge on any atom is 0.248 e. The summed E-state index contributed by atoms with van der Waals surface area (Å²) in [5.74, 6) is -6.84. The van der Waals surface area contributed by atoms with Gasteiger partial charge in [-0.3, -0.25) is 9.69 Å². The number of carbonyl (C=O) groups is 1. The highest BCUT2D eigenvalue weighted by molar-refractivity contribution is 5.79. The first kappa shape index (κ1) is 15.9. The predicted octanol–water partition coefficient (Wildman–Crippen LogP) is 5.95. The van der Waals surface area contributed by atoms with Gasteiger partial charge in [0.2, 0.25) is 11.8 Å². The smallest absolute Gasteiger partial charge is 0.248 e. The molecule has 3 unspecified atom stereocenters. The molecule has 3 fully saturated rings. The molecule has 2 aliphatic heterocycles. The van der Waals surface area contributed by atoms with Gasteiger partial charge in [-0.15, -0.1) is 10.2 Å². The van der Waals surface area contributed by atoms with Crippen LogP contribution in [0, 0.1) is 12.8 Å². The second-order valence-electron chi connectivity index (χ2n) is 10.6. The summed E-state index contributed by atoms with van der Waals surface area (Å²) in [6, 6.07) is 6.57. The first-order chi connectivity index (χ1) is 22.1. The third-order valence-corrected chi connectivity index (χ3v) is 8.14. The largest absolute Gasteiger partial charge is 0.349 e. The number of piperidine rings is 1. The highest BCUT2D eigenvalue weighted by Gasteiger charge is 2.42. The van der Waals surface area contributed by atoms with Crippen molar-refractivity contribution in [3.63, 3.8) is 0 Å². The number of amides is 1. The first-order valence-corrected chi connectivity index (χ1v) is 13.1. The number of rotatable bonds is 8. The van der Waals surface area contributed by atoms with Gasteiger partial charge in [-0.1, -0.05) is 44.0 Å². The fourth-order valence-corrected chi connectivity index (χ4v) is 6.20. The van der Waals surface area contributed by atoms with Gasteiger partial charge in [0.1, 0.15) is 11.6 Å². The number of nitrogens with zero attached hydrogens (tertiary/aromatic N) is 4. The van der Waals surface area contributed by atoms with Crippen molar-refractivity contribution in [3.8, 4) is 0 Å². The van der Waals surface area contributed by atoms with Crippen molar-refractivity contribution in [2.24, 2.45) is 5.92 Å². The molecule has 202 valence electrons. The SMILES string of the molecule is [2H]C([2H])([2H])c1nnc(C(C([2H])([2H])[2H])C([2H])([2H])[2H])n1C1CC2CCC(C1)N2C([2H])([2H])CC(NC(=O)C1CCC(F)(F)CC1)c1ccccc1. The summed E-state index contributed by atoms with van der Waals surface area (Å²) in [6.07, 6.45) is 0.673. The van der Waals surface area contributed by atoms with Crippen LogP contribution in [0.15, 0.2) is 30.3 Å². The van der Waals surface area contributed by atoms with E-state index in [0.717, 1.165) is 4.57 Å². The Kier molecular flexibility index (Phi) is 4.64. The number of aryl methyl sites for hydroxylation is 1. The van der Waals surface area contributed by atoms with E-state index in [0.29, 0.717) is 18.4 Å². The molecule has 5 rings (SSSR count). The van der Waals surface area contributed by atoms with Crippen LogP contribution in [0.5, 0.6) is 0 Å². The van der Waals surface area contributed by atoms with Gasteiger partial charge in [-0.05, 0) is 57.4 Å². The molecule has 1 amide bonds. The van der Waals surface area contributed by atoms with Crippen molar-refractivity contribution in [2.45, 2.75) is 114 Å². The Morgan fingerprint density at radius 3 is 2.46 bits per heavy atom. The lowest BCUT2D eigenvalue weighted by Gasteiger charge is -2.40. The van der Waals surface area contributed by atoms with Gasteiger partial charge in [0.25, 0.3) is 0 Å². The van der Waals surface area contributed by atoms with Gasteiger partial charge >= 0.3 is 0 Å². The molecule has 6 nitrogen and oxygen atoms in total. The number of hydrogen-bond acceptors (Lipinski definition) is 4. The van der Waals surface area contributed by atoms with E-state index in [2.05, 4.69) is 15.5 Å². The lowest BCUT2D eigenvalue weighted by molar-refractivity contribution is -0.130. The van der Waals surface area contributed by atoms with Crippen LogP contribution in [0.1, 0.15) is 122 Å². The summed E-state index contributed by atoms with van der Waals surface area (Å²) in [5, 5.41) is 10.6. The van der Waals surface area contributed by atoms with Crippen LogP contribution in [0.3, 0.4) is 0 Å². The number of fused-ring (bicyclic) bond motifs is 2. The Labute approximate surface area is 234 Å². The quantitative estimate of drug-likeness (QED) is 0.463. The van der Waals surface area contributed by atoms with Crippen LogP contribution in [-0.4, -0.2) is 50.1 Å². The molecule has 1 saturated carbocycles. The van der Waals surface area contributed by atoms with Gasteiger partial charge in [0, 0.05) is 64.4 Å². The molecule has 8 heteroatoms. The summed E-state index contributed by atoms with van der Waals surface area (Å²) in [4.78, 5) is 15.0. The Morgan fingerprint density at radius 1 is 1.11 bits per heavy atom. The number of carbonyl (C=O) groups excluding carboxylic acids is 1. The lowest BCUT2D eigenvalue weighted by Crippen LogP contribution is -2.45. The van der Waals surface area contributed by atoms with E-state index in [9.17, 15) is 16.3 Å². The average molecular weight is 525 g/mol. The molecule has 3 aliphatic rings. The highest BCUT2D eigenvalue weighted by atomic mass is 19.3. The highest BCUT2D eigenvalue weighted by Crippen LogP contribution is 2.42. The maximum atomic E-state index is 13.8. The molecule has 1 aliphatic carbocycles. The van der Waals surface area contributed by atoms with E-state index < -0.39 is 86.5 Å². The van der Waals surface area contributed by atoms with Gasteiger partial charge in [-0.25, -0.2) is 8.78 Å². The van der Waals surface area contributed by atoms with Crippen molar-refractivity contribution >= 4 is 5.91 Å². The summed E-state index contributed by atoms with van der Waals surface area (Å²) in [6.45, 7) is -10.9. The topological polar surface area (TPSA) is 63.1 Å². The Hall–Kier alpha value is -2.35. The predicted molar refractivity (Wildman–Crippen MR) is 139 cm³/mol. The third kappa shape index (κ3) is 5.74. The van der Waals surface area contributed by atoms with Crippen molar-refractivity contribution in [2.75, 3.05) is 6.50 Å². The molecule has 0 spiro atoms. The third-order valence-electron chi connectivity index (χ3n) is 8.14. The molecule has 2 aromatic rings. The molecule has 37 heavy (non-hydrogen) atoms. The zero-order valence-corrected chi connectivity index (χ0v) is 20.7. The molecule has 1 aromatic heterocycles. The molecular formula is C29H41F2N5O. The molecule has 2 saturated heterocycles. The van der Waals surface area contributed by atoms with E-state index in [1.165, 1.54) is 0 Å². The van der Waals surface area contributed by atoms with Crippen molar-refractivity contribution in [1.29, 1.82) is 0 Å². The van der Waals surface area contributed by atoms with Crippen molar-refractivity contribution in [1.82, 2.24) is 25.0 Å². The van der Waals surface area contributed by atoms with E-state index >= 15 is 0 Å². The molecule has 1 N–H and O–H groups in total. The second kappa shape index (κ2) is 10.8. The average Bonchev–Trinajstić information content (AvgIpc) is 3.50. The molecule has 0 radical (unpaired) electrons. The fourth-order valence-electron chi connectivity index (χ4n) is 6.20. The van der Waals surface area contributed by atoms with Crippen LogP contribution in [-0.2, 0) is 4.79 Å². The Morgan fingerprint density at radius 2 is 1.81 bits per heavy atom. The fraction of sp³-hybridized carbons (Fsp3) is 0.690. The van der Waals surface area contributed by atoms with Gasteiger partial charge in [-0.2, -0.15) is 0 Å². The zero-order valence-electron chi connectivity index (χ0n) is 31.7. The zero-order chi connectivity index (χ0) is 35.4. The number of nitrogens with one attached hydrogen (secondary N) is 1. The maximum absolute atomic E-state index is 13.8. The van der Waals surface area contributed by atoms with Crippen LogP contribution in [0.2, 0.25) is 0 Å². The van der Waals surface area contributed by atoms with E-state index in [1.54, 1.807) is 35.2 Å². The number of aromatic nitrogens is 3. The van der Waals surface area contributed by atoms with Gasteiger partial charge in [0.05, 0.1) is 6.04 Å². The van der Waals surface area contributed by atoms with Crippen LogP contribution in [0.4, 0.5) is 8.78 Å². The molecule has 3 atom stereocenters. The number of benzene rings is 1. The van der Waals surface area contributed by atoms with E-state index in [1.807, 2.05) is 0 Å². The number of alkyl halides is 2. The first-order valence-electron chi connectivity index (χ1n) is 18.6. The molecule has 1 aromatic carbocycles. The standard InChI is InChI=1S/C29H41F2N5O/c1-19(2)27-34-33-20(3)36(27)25-17-23-9-10-24(18-25)35(23)16-13-26(21-7-5-4-6-8-21)32-28(37)22-11-14-29(30,31)15-12-22/h4-8,19,22-26H,9-18H2,1-3H3,(H,32,37)/i1D3,2D3,3D3,16D2. The van der Waals surface area contributed by atoms with Crippen LogP contribution < -0.4 is 5.32 Å². The monoisotopic (exact) mass is 524 g/mol. The Balaban J connectivity index is 1.41.